The lowest BCUT2D eigenvalue weighted by molar-refractivity contribution is 0.389. The number of benzene rings is 3. The van der Waals surface area contributed by atoms with Crippen LogP contribution in [-0.4, -0.2) is 37.8 Å². The summed E-state index contributed by atoms with van der Waals surface area (Å²) in [7, 11) is -2.10. The van der Waals surface area contributed by atoms with Gasteiger partial charge in [-0.1, -0.05) is 60.7 Å². The number of anilines is 1. The molecule has 0 N–H and O–H groups in total. The Hall–Kier alpha value is -3.93. The highest BCUT2D eigenvalue weighted by molar-refractivity contribution is 7.89. The molecular weight excluding hydrogens is 496 g/mol. The molecule has 194 valence electrons. The Balaban J connectivity index is 1.27. The summed E-state index contributed by atoms with van der Waals surface area (Å²) in [5.41, 5.74) is 3.13. The molecule has 1 fully saturated rings. The van der Waals surface area contributed by atoms with E-state index in [9.17, 15) is 13.7 Å². The molecule has 2 heterocycles. The fraction of sp³-hybridized carbons (Fsp3) is 0.267. The van der Waals surface area contributed by atoms with Crippen molar-refractivity contribution in [3.8, 4) is 17.5 Å². The van der Waals surface area contributed by atoms with Gasteiger partial charge in [0.15, 0.2) is 0 Å². The molecule has 5 rings (SSSR count). The SMILES string of the molecule is CN(Cc1ccccc1)S(=O)(=O)c1ccc(-c2nc(C#N)c(N3CCC(Cc4ccccc4)CC3)o2)cc1. The van der Waals surface area contributed by atoms with Crippen LogP contribution in [0.4, 0.5) is 5.88 Å². The van der Waals surface area contributed by atoms with Crippen molar-refractivity contribution in [3.05, 3.63) is 102 Å². The maximum atomic E-state index is 13.1. The molecule has 0 spiro atoms. The van der Waals surface area contributed by atoms with Crippen LogP contribution in [0.15, 0.2) is 94.2 Å². The largest absolute Gasteiger partial charge is 0.419 e. The van der Waals surface area contributed by atoms with E-state index in [2.05, 4.69) is 40.2 Å². The van der Waals surface area contributed by atoms with Crippen LogP contribution in [0, 0.1) is 17.2 Å². The van der Waals surface area contributed by atoms with Gasteiger partial charge < -0.3 is 9.32 Å². The van der Waals surface area contributed by atoms with Gasteiger partial charge in [0.2, 0.25) is 27.5 Å². The second-order valence-electron chi connectivity index (χ2n) is 9.68. The van der Waals surface area contributed by atoms with Gasteiger partial charge in [-0.15, -0.1) is 0 Å². The average Bonchev–Trinajstić information content (AvgIpc) is 3.39. The van der Waals surface area contributed by atoms with Crippen LogP contribution in [0.3, 0.4) is 0 Å². The summed E-state index contributed by atoms with van der Waals surface area (Å²) < 4.78 is 33.5. The monoisotopic (exact) mass is 526 g/mol. The Morgan fingerprint density at radius 2 is 1.55 bits per heavy atom. The molecule has 1 aromatic heterocycles. The molecule has 0 amide bonds. The third kappa shape index (κ3) is 5.64. The summed E-state index contributed by atoms with van der Waals surface area (Å²) in [6.45, 7) is 1.87. The number of nitriles is 1. The predicted molar refractivity (Wildman–Crippen MR) is 147 cm³/mol. The topological polar surface area (TPSA) is 90.4 Å². The van der Waals surface area contributed by atoms with E-state index in [1.807, 2.05) is 36.4 Å². The van der Waals surface area contributed by atoms with Crippen LogP contribution >= 0.6 is 0 Å². The Kier molecular flexibility index (Phi) is 7.59. The van der Waals surface area contributed by atoms with E-state index >= 15 is 0 Å². The maximum Gasteiger partial charge on any atom is 0.243 e. The highest BCUT2D eigenvalue weighted by Gasteiger charge is 2.26. The molecule has 0 atom stereocenters. The molecule has 0 radical (unpaired) electrons. The third-order valence-corrected chi connectivity index (χ3v) is 8.86. The minimum atomic E-state index is -3.67. The fourth-order valence-electron chi connectivity index (χ4n) is 4.89. The van der Waals surface area contributed by atoms with Crippen LogP contribution in [0.5, 0.6) is 0 Å². The smallest absolute Gasteiger partial charge is 0.243 e. The molecule has 1 aliphatic heterocycles. The molecule has 3 aromatic carbocycles. The second-order valence-corrected chi connectivity index (χ2v) is 11.7. The van der Waals surface area contributed by atoms with Crippen molar-refractivity contribution in [1.29, 1.82) is 5.26 Å². The van der Waals surface area contributed by atoms with Crippen molar-refractivity contribution >= 4 is 15.9 Å². The zero-order chi connectivity index (χ0) is 26.5. The van der Waals surface area contributed by atoms with Gasteiger partial charge >= 0.3 is 0 Å². The molecule has 1 saturated heterocycles. The van der Waals surface area contributed by atoms with Gasteiger partial charge in [0.1, 0.15) is 6.07 Å². The highest BCUT2D eigenvalue weighted by Crippen LogP contribution is 2.32. The number of nitrogens with zero attached hydrogens (tertiary/aromatic N) is 4. The fourth-order valence-corrected chi connectivity index (χ4v) is 6.04. The first-order valence-corrected chi connectivity index (χ1v) is 14.2. The standard InChI is InChI=1S/C30H30N4O3S/c1-33(22-25-10-6-3-7-11-25)38(35,36)27-14-12-26(13-15-27)29-32-28(21-31)30(37-29)34-18-16-24(17-19-34)20-23-8-4-2-5-9-23/h2-15,24H,16-20,22H2,1H3. The Morgan fingerprint density at radius 3 is 2.16 bits per heavy atom. The number of hydrogen-bond donors (Lipinski definition) is 0. The van der Waals surface area contributed by atoms with Crippen LogP contribution in [-0.2, 0) is 23.0 Å². The first-order valence-electron chi connectivity index (χ1n) is 12.7. The summed E-state index contributed by atoms with van der Waals surface area (Å²) in [6, 6.07) is 28.6. The van der Waals surface area contributed by atoms with Gasteiger partial charge in [-0.25, -0.2) is 8.42 Å². The quantitative estimate of drug-likeness (QED) is 0.301. The molecule has 0 saturated carbocycles. The van der Waals surface area contributed by atoms with Crippen LogP contribution < -0.4 is 4.90 Å². The number of sulfonamides is 1. The van der Waals surface area contributed by atoms with Gasteiger partial charge in [-0.3, -0.25) is 0 Å². The predicted octanol–water partition coefficient (Wildman–Crippen LogP) is 5.49. The van der Waals surface area contributed by atoms with Gasteiger partial charge in [0.25, 0.3) is 0 Å². The molecule has 0 bridgehead atoms. The molecule has 1 aliphatic rings. The van der Waals surface area contributed by atoms with Crippen molar-refractivity contribution in [1.82, 2.24) is 9.29 Å². The third-order valence-electron chi connectivity index (χ3n) is 7.04. The van der Waals surface area contributed by atoms with Crippen molar-refractivity contribution in [2.75, 3.05) is 25.0 Å². The zero-order valence-electron chi connectivity index (χ0n) is 21.3. The second kappa shape index (κ2) is 11.2. The van der Waals surface area contributed by atoms with E-state index in [1.54, 1.807) is 31.3 Å². The number of oxazole rings is 1. The van der Waals surface area contributed by atoms with E-state index in [4.69, 9.17) is 4.42 Å². The first-order chi connectivity index (χ1) is 18.4. The van der Waals surface area contributed by atoms with E-state index in [1.165, 1.54) is 9.87 Å². The minimum absolute atomic E-state index is 0.187. The molecule has 0 aliphatic carbocycles. The number of rotatable bonds is 8. The summed E-state index contributed by atoms with van der Waals surface area (Å²) in [6.07, 6.45) is 3.08. The van der Waals surface area contributed by atoms with Gasteiger partial charge in [-0.05, 0) is 60.6 Å². The molecule has 0 unspecified atom stereocenters. The number of aromatic nitrogens is 1. The molecular formula is C30H30N4O3S. The van der Waals surface area contributed by atoms with Crippen LogP contribution in [0.25, 0.3) is 11.5 Å². The normalized spacial score (nSPS) is 14.5. The lowest BCUT2D eigenvalue weighted by Crippen LogP contribution is -2.34. The number of hydrogen-bond acceptors (Lipinski definition) is 6. The van der Waals surface area contributed by atoms with E-state index < -0.39 is 10.0 Å². The summed E-state index contributed by atoms with van der Waals surface area (Å²) in [5, 5.41) is 9.71. The van der Waals surface area contributed by atoms with Crippen molar-refractivity contribution in [2.45, 2.75) is 30.7 Å². The summed E-state index contributed by atoms with van der Waals surface area (Å²) in [4.78, 5) is 6.69. The van der Waals surface area contributed by atoms with Crippen LogP contribution in [0.2, 0.25) is 0 Å². The average molecular weight is 527 g/mol. The minimum Gasteiger partial charge on any atom is -0.419 e. The lowest BCUT2D eigenvalue weighted by Gasteiger charge is -2.31. The molecule has 4 aromatic rings. The number of piperidine rings is 1. The summed E-state index contributed by atoms with van der Waals surface area (Å²) in [5.74, 6) is 1.39. The summed E-state index contributed by atoms with van der Waals surface area (Å²) >= 11 is 0. The van der Waals surface area contributed by atoms with E-state index in [0.29, 0.717) is 23.3 Å². The lowest BCUT2D eigenvalue weighted by atomic mass is 9.90. The molecule has 7 nitrogen and oxygen atoms in total. The van der Waals surface area contributed by atoms with Crippen LogP contribution in [0.1, 0.15) is 29.7 Å². The maximum absolute atomic E-state index is 13.1. The Morgan fingerprint density at radius 1 is 0.947 bits per heavy atom. The van der Waals surface area contributed by atoms with E-state index in [0.717, 1.165) is 37.9 Å². The van der Waals surface area contributed by atoms with Crippen molar-refractivity contribution in [3.63, 3.8) is 0 Å². The first kappa shape index (κ1) is 25.7. The van der Waals surface area contributed by atoms with Crippen molar-refractivity contribution < 1.29 is 12.8 Å². The molecule has 38 heavy (non-hydrogen) atoms. The van der Waals surface area contributed by atoms with Crippen molar-refractivity contribution in [2.24, 2.45) is 5.92 Å². The van der Waals surface area contributed by atoms with Gasteiger partial charge in [0.05, 0.1) is 4.90 Å². The zero-order valence-corrected chi connectivity index (χ0v) is 22.1. The Bertz CT molecular complexity index is 1500. The van der Waals surface area contributed by atoms with Gasteiger partial charge in [0, 0.05) is 32.2 Å². The van der Waals surface area contributed by atoms with Gasteiger partial charge in [-0.2, -0.15) is 14.6 Å². The van der Waals surface area contributed by atoms with E-state index in [-0.39, 0.29) is 17.1 Å². The Labute approximate surface area is 224 Å². The molecule has 8 heteroatoms. The highest BCUT2D eigenvalue weighted by atomic mass is 32.2.